The number of anilines is 1. The molecule has 0 amide bonds. The largest absolute Gasteiger partial charge is 0.381 e. The first-order chi connectivity index (χ1) is 13.9. The van der Waals surface area contributed by atoms with Crippen molar-refractivity contribution in [3.8, 4) is 0 Å². The van der Waals surface area contributed by atoms with Gasteiger partial charge < -0.3 is 10.1 Å². The van der Waals surface area contributed by atoms with Gasteiger partial charge in [0.2, 0.25) is 0 Å². The van der Waals surface area contributed by atoms with Crippen molar-refractivity contribution in [2.75, 3.05) is 31.3 Å². The summed E-state index contributed by atoms with van der Waals surface area (Å²) in [6, 6.07) is 12.9. The maximum Gasteiger partial charge on any atom is 0.175 e. The molecule has 0 bridgehead atoms. The van der Waals surface area contributed by atoms with E-state index in [9.17, 15) is 8.42 Å². The van der Waals surface area contributed by atoms with E-state index in [1.165, 1.54) is 18.1 Å². The summed E-state index contributed by atoms with van der Waals surface area (Å²) in [5, 5.41) is 4.85. The molecule has 29 heavy (non-hydrogen) atoms. The third-order valence-corrected chi connectivity index (χ3v) is 6.90. The van der Waals surface area contributed by atoms with E-state index in [0.717, 1.165) is 12.8 Å². The van der Waals surface area contributed by atoms with Crippen molar-refractivity contribution < 1.29 is 13.2 Å². The first-order valence-electron chi connectivity index (χ1n) is 9.40. The summed E-state index contributed by atoms with van der Waals surface area (Å²) in [6.45, 7) is 2.02. The van der Waals surface area contributed by atoms with Crippen LogP contribution in [0, 0.1) is 0 Å². The number of rotatable bonds is 5. The first-order valence-corrected chi connectivity index (χ1v) is 11.7. The smallest absolute Gasteiger partial charge is 0.175 e. The lowest BCUT2D eigenvalue weighted by Crippen LogP contribution is -2.40. The number of halogens is 1. The van der Waals surface area contributed by atoms with Crippen molar-refractivity contribution >= 4 is 38.2 Å². The van der Waals surface area contributed by atoms with Crippen LogP contribution in [0.3, 0.4) is 0 Å². The monoisotopic (exact) mass is 431 g/mol. The van der Waals surface area contributed by atoms with E-state index < -0.39 is 9.84 Å². The molecule has 1 fully saturated rings. The molecule has 0 radical (unpaired) electrons. The number of nitrogens with zero attached hydrogens (tertiary/aromatic N) is 2. The maximum atomic E-state index is 12.0. The molecule has 0 atom stereocenters. The SMILES string of the molecule is CS(=O)(=O)c1ccc2ncnc(NCC3(c4ccc(Cl)cc4)CCOCC3)c2c1. The molecule has 3 aromatic rings. The van der Waals surface area contributed by atoms with Crippen LogP contribution in [0.4, 0.5) is 5.82 Å². The Morgan fingerprint density at radius 1 is 1.10 bits per heavy atom. The molecule has 2 aromatic carbocycles. The average molecular weight is 432 g/mol. The van der Waals surface area contributed by atoms with E-state index in [1.54, 1.807) is 18.2 Å². The number of sulfone groups is 1. The van der Waals surface area contributed by atoms with Crippen molar-refractivity contribution in [1.29, 1.82) is 0 Å². The van der Waals surface area contributed by atoms with Gasteiger partial charge >= 0.3 is 0 Å². The van der Waals surface area contributed by atoms with Crippen LogP contribution in [0.1, 0.15) is 18.4 Å². The summed E-state index contributed by atoms with van der Waals surface area (Å²) in [6.07, 6.45) is 4.44. The Morgan fingerprint density at radius 3 is 2.52 bits per heavy atom. The second-order valence-electron chi connectivity index (χ2n) is 7.43. The Balaban J connectivity index is 1.69. The third-order valence-electron chi connectivity index (χ3n) is 5.54. The van der Waals surface area contributed by atoms with Gasteiger partial charge in [0.05, 0.1) is 10.4 Å². The number of aromatic nitrogens is 2. The molecule has 1 N–H and O–H groups in total. The molecule has 1 aromatic heterocycles. The molecule has 0 saturated carbocycles. The number of hydrogen-bond acceptors (Lipinski definition) is 6. The van der Waals surface area contributed by atoms with E-state index in [-0.39, 0.29) is 10.3 Å². The quantitative estimate of drug-likeness (QED) is 0.660. The minimum Gasteiger partial charge on any atom is -0.381 e. The highest BCUT2D eigenvalue weighted by Crippen LogP contribution is 2.36. The van der Waals surface area contributed by atoms with E-state index in [1.807, 2.05) is 12.1 Å². The van der Waals surface area contributed by atoms with Crippen LogP contribution in [0.5, 0.6) is 0 Å². The molecule has 1 aliphatic rings. The third kappa shape index (κ3) is 4.22. The van der Waals surface area contributed by atoms with Crippen LogP contribution >= 0.6 is 11.6 Å². The highest BCUT2D eigenvalue weighted by molar-refractivity contribution is 7.90. The number of fused-ring (bicyclic) bond motifs is 1. The molecule has 0 aliphatic carbocycles. The van der Waals surface area contributed by atoms with Gasteiger partial charge in [0.15, 0.2) is 9.84 Å². The molecular weight excluding hydrogens is 410 g/mol. The Morgan fingerprint density at radius 2 is 1.83 bits per heavy atom. The Labute approximate surface area is 175 Å². The van der Waals surface area contributed by atoms with Gasteiger partial charge in [-0.25, -0.2) is 18.4 Å². The summed E-state index contributed by atoms with van der Waals surface area (Å²) in [7, 11) is -3.32. The van der Waals surface area contributed by atoms with Gasteiger partial charge in [-0.15, -0.1) is 0 Å². The summed E-state index contributed by atoms with van der Waals surface area (Å²) in [4.78, 5) is 8.90. The molecule has 4 rings (SSSR count). The maximum absolute atomic E-state index is 12.0. The molecule has 6 nitrogen and oxygen atoms in total. The molecule has 1 saturated heterocycles. The van der Waals surface area contributed by atoms with Crippen LogP contribution in [0.2, 0.25) is 5.02 Å². The number of nitrogens with one attached hydrogen (secondary N) is 1. The lowest BCUT2D eigenvalue weighted by atomic mass is 9.74. The predicted octanol–water partition coefficient (Wildman–Crippen LogP) is 3.85. The van der Waals surface area contributed by atoms with Crippen LogP contribution < -0.4 is 5.32 Å². The fourth-order valence-corrected chi connectivity index (χ4v) is 4.57. The highest BCUT2D eigenvalue weighted by atomic mass is 35.5. The Bertz CT molecular complexity index is 1130. The standard InChI is InChI=1S/C21H22ClN3O3S/c1-29(26,27)17-6-7-19-18(12-17)20(25-14-24-19)23-13-21(8-10-28-11-9-21)15-2-4-16(22)5-3-15/h2-7,12,14H,8-11,13H2,1H3,(H,23,24,25). The van der Waals surface area contributed by atoms with Crippen LogP contribution in [0.15, 0.2) is 53.7 Å². The Kier molecular flexibility index (Phi) is 5.46. The Hall–Kier alpha value is -2.22. The highest BCUT2D eigenvalue weighted by Gasteiger charge is 2.34. The van der Waals surface area contributed by atoms with Crippen LogP contribution in [-0.4, -0.2) is 44.4 Å². The lowest BCUT2D eigenvalue weighted by molar-refractivity contribution is 0.0544. The normalized spacial score (nSPS) is 16.6. The summed E-state index contributed by atoms with van der Waals surface area (Å²) < 4.78 is 29.5. The molecule has 1 aliphatic heterocycles. The van der Waals surface area contributed by atoms with Crippen molar-refractivity contribution in [3.05, 3.63) is 59.4 Å². The molecule has 0 spiro atoms. The topological polar surface area (TPSA) is 81.2 Å². The van der Waals surface area contributed by atoms with Crippen molar-refractivity contribution in [3.63, 3.8) is 0 Å². The second-order valence-corrected chi connectivity index (χ2v) is 9.88. The molecule has 2 heterocycles. The van der Waals surface area contributed by atoms with Crippen LogP contribution in [0.25, 0.3) is 10.9 Å². The van der Waals surface area contributed by atoms with Crippen molar-refractivity contribution in [1.82, 2.24) is 9.97 Å². The van der Waals surface area contributed by atoms with E-state index in [2.05, 4.69) is 27.4 Å². The van der Waals surface area contributed by atoms with E-state index in [0.29, 0.717) is 41.5 Å². The number of benzene rings is 2. The summed E-state index contributed by atoms with van der Waals surface area (Å²) in [5.41, 5.74) is 1.78. The van der Waals surface area contributed by atoms with Gasteiger partial charge in [-0.2, -0.15) is 0 Å². The zero-order chi connectivity index (χ0) is 20.5. The van der Waals surface area contributed by atoms with Gasteiger partial charge in [-0.05, 0) is 48.7 Å². The molecule has 152 valence electrons. The fourth-order valence-electron chi connectivity index (χ4n) is 3.79. The van der Waals surface area contributed by atoms with E-state index >= 15 is 0 Å². The first kappa shape index (κ1) is 20.1. The summed E-state index contributed by atoms with van der Waals surface area (Å²) in [5.74, 6) is 0.625. The summed E-state index contributed by atoms with van der Waals surface area (Å²) >= 11 is 6.08. The predicted molar refractivity (Wildman–Crippen MR) is 114 cm³/mol. The van der Waals surface area contributed by atoms with Gasteiger partial charge in [-0.3, -0.25) is 0 Å². The van der Waals surface area contributed by atoms with Gasteiger partial charge in [0, 0.05) is 41.8 Å². The minimum atomic E-state index is -3.32. The zero-order valence-electron chi connectivity index (χ0n) is 16.1. The van der Waals surface area contributed by atoms with Crippen molar-refractivity contribution in [2.24, 2.45) is 0 Å². The van der Waals surface area contributed by atoms with Crippen LogP contribution in [-0.2, 0) is 20.0 Å². The lowest BCUT2D eigenvalue weighted by Gasteiger charge is -2.38. The molecular formula is C21H22ClN3O3S. The zero-order valence-corrected chi connectivity index (χ0v) is 17.6. The fraction of sp³-hybridized carbons (Fsp3) is 0.333. The van der Waals surface area contributed by atoms with Gasteiger partial charge in [-0.1, -0.05) is 23.7 Å². The minimum absolute atomic E-state index is 0.117. The van der Waals surface area contributed by atoms with E-state index in [4.69, 9.17) is 16.3 Å². The second kappa shape index (κ2) is 7.89. The molecule has 8 heteroatoms. The number of ether oxygens (including phenoxy) is 1. The average Bonchev–Trinajstić information content (AvgIpc) is 2.72. The number of hydrogen-bond donors (Lipinski definition) is 1. The van der Waals surface area contributed by atoms with Gasteiger partial charge in [0.25, 0.3) is 0 Å². The van der Waals surface area contributed by atoms with Gasteiger partial charge in [0.1, 0.15) is 12.1 Å². The van der Waals surface area contributed by atoms with Crippen molar-refractivity contribution in [2.45, 2.75) is 23.2 Å². The molecule has 0 unspecified atom stereocenters.